The van der Waals surface area contributed by atoms with Gasteiger partial charge in [-0.3, -0.25) is 4.79 Å². The van der Waals surface area contributed by atoms with E-state index in [1.807, 2.05) is 18.2 Å². The van der Waals surface area contributed by atoms with Crippen LogP contribution < -0.4 is 10.6 Å². The van der Waals surface area contributed by atoms with Gasteiger partial charge in [-0.15, -0.1) is 0 Å². The van der Waals surface area contributed by atoms with E-state index < -0.39 is 0 Å². The smallest absolute Gasteiger partial charge is 0.251 e. The minimum Gasteiger partial charge on any atom is -0.352 e. The number of benzene rings is 1. The summed E-state index contributed by atoms with van der Waals surface area (Å²) < 4.78 is 0. The van der Waals surface area contributed by atoms with Crippen molar-refractivity contribution >= 4 is 17.2 Å². The second kappa shape index (κ2) is 5.55. The maximum absolute atomic E-state index is 12.0. The van der Waals surface area contributed by atoms with E-state index in [0.29, 0.717) is 6.54 Å². The van der Waals surface area contributed by atoms with Gasteiger partial charge in [-0.1, -0.05) is 6.07 Å². The lowest BCUT2D eigenvalue weighted by Crippen LogP contribution is -2.25. The van der Waals surface area contributed by atoms with E-state index in [1.54, 1.807) is 11.3 Å². The molecule has 0 saturated carbocycles. The van der Waals surface area contributed by atoms with Crippen LogP contribution in [-0.4, -0.2) is 12.5 Å². The molecule has 0 saturated heterocycles. The molecule has 4 heteroatoms. The molecule has 98 valence electrons. The Morgan fingerprint density at radius 3 is 3.00 bits per heavy atom. The molecule has 2 aromatic rings. The largest absolute Gasteiger partial charge is 0.352 e. The number of hydrogen-bond donors (Lipinski definition) is 2. The molecule has 0 bridgehead atoms. The van der Waals surface area contributed by atoms with Gasteiger partial charge in [0.05, 0.1) is 0 Å². The van der Waals surface area contributed by atoms with Gasteiger partial charge in [-0.05, 0) is 52.1 Å². The highest BCUT2D eigenvalue weighted by molar-refractivity contribution is 7.07. The van der Waals surface area contributed by atoms with E-state index in [4.69, 9.17) is 0 Å². The van der Waals surface area contributed by atoms with Crippen molar-refractivity contribution in [2.75, 3.05) is 6.54 Å². The molecule has 1 aliphatic rings. The lowest BCUT2D eigenvalue weighted by molar-refractivity contribution is 0.0954. The number of thiophene rings is 1. The summed E-state index contributed by atoms with van der Waals surface area (Å²) in [5.74, 6) is 0.0185. The Kier molecular flexibility index (Phi) is 3.62. The van der Waals surface area contributed by atoms with Gasteiger partial charge in [-0.2, -0.15) is 11.3 Å². The minimum atomic E-state index is 0.0185. The summed E-state index contributed by atoms with van der Waals surface area (Å²) in [4.78, 5) is 12.0. The zero-order valence-electron chi connectivity index (χ0n) is 10.6. The summed E-state index contributed by atoms with van der Waals surface area (Å²) in [5, 5.41) is 10.4. The summed E-state index contributed by atoms with van der Waals surface area (Å²) in [5.41, 5.74) is 4.58. The molecule has 2 N–H and O–H groups in total. The van der Waals surface area contributed by atoms with Crippen LogP contribution in [0, 0.1) is 0 Å². The molecule has 0 fully saturated rings. The molecule has 0 radical (unpaired) electrons. The van der Waals surface area contributed by atoms with Crippen LogP contribution in [0.25, 0.3) is 0 Å². The number of nitrogens with one attached hydrogen (secondary N) is 2. The molecule has 1 aliphatic heterocycles. The van der Waals surface area contributed by atoms with Gasteiger partial charge in [0.2, 0.25) is 0 Å². The van der Waals surface area contributed by atoms with E-state index >= 15 is 0 Å². The molecule has 19 heavy (non-hydrogen) atoms. The second-order valence-electron chi connectivity index (χ2n) is 4.72. The van der Waals surface area contributed by atoms with Crippen molar-refractivity contribution in [2.24, 2.45) is 0 Å². The number of hydrogen-bond acceptors (Lipinski definition) is 3. The maximum atomic E-state index is 12.0. The summed E-state index contributed by atoms with van der Waals surface area (Å²) in [6.07, 6.45) is 0.891. The van der Waals surface area contributed by atoms with Crippen LogP contribution in [0.1, 0.15) is 27.0 Å². The normalized spacial score (nSPS) is 13.3. The molecule has 0 aliphatic carbocycles. The monoisotopic (exact) mass is 272 g/mol. The highest BCUT2D eigenvalue weighted by atomic mass is 32.1. The number of rotatable bonds is 4. The molecule has 1 amide bonds. The predicted octanol–water partition coefficient (Wildman–Crippen LogP) is 2.32. The molecule has 0 spiro atoms. The predicted molar refractivity (Wildman–Crippen MR) is 77.3 cm³/mol. The Bertz CT molecular complexity index is 578. The van der Waals surface area contributed by atoms with E-state index in [0.717, 1.165) is 25.1 Å². The summed E-state index contributed by atoms with van der Waals surface area (Å²) >= 11 is 1.69. The second-order valence-corrected chi connectivity index (χ2v) is 5.50. The summed E-state index contributed by atoms with van der Waals surface area (Å²) in [7, 11) is 0. The van der Waals surface area contributed by atoms with Crippen LogP contribution in [-0.2, 0) is 19.5 Å². The first-order valence-corrected chi connectivity index (χ1v) is 7.39. The van der Waals surface area contributed by atoms with E-state index in [2.05, 4.69) is 27.5 Å². The van der Waals surface area contributed by atoms with Gasteiger partial charge < -0.3 is 10.6 Å². The van der Waals surface area contributed by atoms with Crippen LogP contribution in [0.4, 0.5) is 0 Å². The van der Waals surface area contributed by atoms with Gasteiger partial charge in [0, 0.05) is 25.2 Å². The topological polar surface area (TPSA) is 41.1 Å². The lowest BCUT2D eigenvalue weighted by atomic mass is 10.1. The van der Waals surface area contributed by atoms with Crippen LogP contribution in [0.3, 0.4) is 0 Å². The standard InChI is InChI=1S/C15H16N2OS/c18-15(17-5-3-11-4-6-19-10-11)12-1-2-13-8-16-9-14(13)7-12/h1-2,4,6-7,10,16H,3,5,8-9H2,(H,17,18). The fraction of sp³-hybridized carbons (Fsp3) is 0.267. The number of fused-ring (bicyclic) bond motifs is 1. The van der Waals surface area contributed by atoms with E-state index in [9.17, 15) is 4.79 Å². The van der Waals surface area contributed by atoms with Gasteiger partial charge in [0.25, 0.3) is 5.91 Å². The Hall–Kier alpha value is -1.65. The fourth-order valence-corrected chi connectivity index (χ4v) is 3.00. The molecular formula is C15H16N2OS. The van der Waals surface area contributed by atoms with E-state index in [1.165, 1.54) is 16.7 Å². The Labute approximate surface area is 116 Å². The van der Waals surface area contributed by atoms with Crippen LogP contribution >= 0.6 is 11.3 Å². The van der Waals surface area contributed by atoms with Gasteiger partial charge in [0.1, 0.15) is 0 Å². The zero-order chi connectivity index (χ0) is 13.1. The molecule has 3 rings (SSSR count). The first kappa shape index (κ1) is 12.4. The molecule has 2 heterocycles. The Morgan fingerprint density at radius 1 is 1.26 bits per heavy atom. The Balaban J connectivity index is 1.58. The third-order valence-corrected chi connectivity index (χ3v) is 4.11. The molecular weight excluding hydrogens is 256 g/mol. The van der Waals surface area contributed by atoms with Gasteiger partial charge >= 0.3 is 0 Å². The molecule has 1 aromatic heterocycles. The van der Waals surface area contributed by atoms with Crippen molar-refractivity contribution in [3.63, 3.8) is 0 Å². The first-order valence-electron chi connectivity index (χ1n) is 6.45. The minimum absolute atomic E-state index is 0.0185. The van der Waals surface area contributed by atoms with Crippen LogP contribution in [0.15, 0.2) is 35.0 Å². The van der Waals surface area contributed by atoms with Crippen molar-refractivity contribution < 1.29 is 4.79 Å². The van der Waals surface area contributed by atoms with Crippen molar-refractivity contribution in [3.8, 4) is 0 Å². The lowest BCUT2D eigenvalue weighted by Gasteiger charge is -2.06. The molecule has 3 nitrogen and oxygen atoms in total. The molecule has 0 unspecified atom stereocenters. The summed E-state index contributed by atoms with van der Waals surface area (Å²) in [6, 6.07) is 8.04. The zero-order valence-corrected chi connectivity index (χ0v) is 11.4. The van der Waals surface area contributed by atoms with Gasteiger partial charge in [-0.25, -0.2) is 0 Å². The number of carbonyl (C=O) groups excluding carboxylic acids is 1. The van der Waals surface area contributed by atoms with Crippen LogP contribution in [0.5, 0.6) is 0 Å². The number of carbonyl (C=O) groups is 1. The average Bonchev–Trinajstić information content (AvgIpc) is 3.08. The SMILES string of the molecule is O=C(NCCc1ccsc1)c1ccc2c(c1)CNC2. The van der Waals surface area contributed by atoms with Crippen molar-refractivity contribution in [3.05, 3.63) is 57.3 Å². The Morgan fingerprint density at radius 2 is 2.16 bits per heavy atom. The maximum Gasteiger partial charge on any atom is 0.251 e. The molecule has 0 atom stereocenters. The van der Waals surface area contributed by atoms with Crippen molar-refractivity contribution in [1.82, 2.24) is 10.6 Å². The fourth-order valence-electron chi connectivity index (χ4n) is 2.29. The van der Waals surface area contributed by atoms with Crippen molar-refractivity contribution in [1.29, 1.82) is 0 Å². The van der Waals surface area contributed by atoms with Crippen molar-refractivity contribution in [2.45, 2.75) is 19.5 Å². The third kappa shape index (κ3) is 2.85. The van der Waals surface area contributed by atoms with E-state index in [-0.39, 0.29) is 5.91 Å². The quantitative estimate of drug-likeness (QED) is 0.897. The summed E-state index contributed by atoms with van der Waals surface area (Å²) in [6.45, 7) is 2.46. The van der Waals surface area contributed by atoms with Crippen LogP contribution in [0.2, 0.25) is 0 Å². The first-order chi connectivity index (χ1) is 9.33. The van der Waals surface area contributed by atoms with Gasteiger partial charge in [0.15, 0.2) is 0 Å². The highest BCUT2D eigenvalue weighted by Gasteiger charge is 2.13. The number of amides is 1. The third-order valence-electron chi connectivity index (χ3n) is 3.38. The highest BCUT2D eigenvalue weighted by Crippen LogP contribution is 2.17. The average molecular weight is 272 g/mol. The molecule has 1 aromatic carbocycles.